The highest BCUT2D eigenvalue weighted by Crippen LogP contribution is 2.34. The summed E-state index contributed by atoms with van der Waals surface area (Å²) in [6.07, 6.45) is 2.07. The first-order valence-corrected chi connectivity index (χ1v) is 10.1. The summed E-state index contributed by atoms with van der Waals surface area (Å²) in [7, 11) is 0. The van der Waals surface area contributed by atoms with E-state index in [1.54, 1.807) is 30.5 Å². The van der Waals surface area contributed by atoms with Gasteiger partial charge in [-0.2, -0.15) is 0 Å². The average Bonchev–Trinajstić information content (AvgIpc) is 3.16. The minimum absolute atomic E-state index is 0.0343. The number of Topliss-reactive ketones (excluding diaryl/α,β-unsaturated/α-hetero) is 1. The number of carbonyl (C=O) groups excluding carboxylic acids is 1. The number of rotatable bonds is 4. The van der Waals surface area contributed by atoms with Crippen molar-refractivity contribution in [2.24, 2.45) is 0 Å². The van der Waals surface area contributed by atoms with Crippen molar-refractivity contribution in [2.75, 3.05) is 0 Å². The van der Waals surface area contributed by atoms with Crippen molar-refractivity contribution in [1.82, 2.24) is 15.0 Å². The molecule has 0 saturated heterocycles. The van der Waals surface area contributed by atoms with Crippen molar-refractivity contribution in [1.29, 1.82) is 0 Å². The Hall–Kier alpha value is -3.21. The van der Waals surface area contributed by atoms with E-state index in [9.17, 15) is 4.79 Å². The van der Waals surface area contributed by atoms with Crippen LogP contribution in [0.2, 0.25) is 10.0 Å². The van der Waals surface area contributed by atoms with Crippen LogP contribution in [0.3, 0.4) is 0 Å². The molecule has 6 heteroatoms. The number of carbonyl (C=O) groups is 1. The summed E-state index contributed by atoms with van der Waals surface area (Å²) in [4.78, 5) is 25.0. The van der Waals surface area contributed by atoms with Gasteiger partial charge in [0.15, 0.2) is 5.78 Å². The first-order chi connectivity index (χ1) is 14.6. The van der Waals surface area contributed by atoms with Crippen molar-refractivity contribution >= 4 is 50.9 Å². The third-order valence-corrected chi connectivity index (χ3v) is 5.67. The molecule has 1 N–H and O–H groups in total. The van der Waals surface area contributed by atoms with Gasteiger partial charge < -0.3 is 4.98 Å². The summed E-state index contributed by atoms with van der Waals surface area (Å²) in [5, 5.41) is 2.06. The van der Waals surface area contributed by atoms with E-state index in [4.69, 9.17) is 23.2 Å². The molecule has 3 aromatic carbocycles. The topological polar surface area (TPSA) is 58.6 Å². The second-order valence-electron chi connectivity index (χ2n) is 7.04. The highest BCUT2D eigenvalue weighted by molar-refractivity contribution is 6.39. The minimum atomic E-state index is 0.0343. The number of halogens is 2. The van der Waals surface area contributed by atoms with Crippen LogP contribution in [0.15, 0.2) is 72.9 Å². The molecule has 146 valence electrons. The number of H-pyrrole nitrogens is 1. The van der Waals surface area contributed by atoms with Crippen LogP contribution in [0.5, 0.6) is 0 Å². The van der Waals surface area contributed by atoms with Gasteiger partial charge in [0, 0.05) is 23.6 Å². The molecule has 0 radical (unpaired) electrons. The van der Waals surface area contributed by atoms with Gasteiger partial charge in [0.25, 0.3) is 0 Å². The number of nitrogens with one attached hydrogen (secondary N) is 1. The predicted octanol–water partition coefficient (Wildman–Crippen LogP) is 6.51. The van der Waals surface area contributed by atoms with Crippen molar-refractivity contribution in [3.8, 4) is 11.4 Å². The fraction of sp³-hybridized carbons (Fsp3) is 0.0417. The summed E-state index contributed by atoms with van der Waals surface area (Å²) in [5.74, 6) is 0.610. The number of imidazole rings is 1. The maximum Gasteiger partial charge on any atom is 0.167 e. The molecule has 0 aliphatic rings. The fourth-order valence-corrected chi connectivity index (χ4v) is 4.12. The van der Waals surface area contributed by atoms with Crippen molar-refractivity contribution in [3.63, 3.8) is 0 Å². The van der Waals surface area contributed by atoms with Gasteiger partial charge in [-0.25, -0.2) is 4.98 Å². The Morgan fingerprint density at radius 2 is 1.70 bits per heavy atom. The van der Waals surface area contributed by atoms with E-state index in [1.807, 2.05) is 42.5 Å². The van der Waals surface area contributed by atoms with Crippen molar-refractivity contribution in [3.05, 3.63) is 94.1 Å². The Morgan fingerprint density at radius 1 is 0.900 bits per heavy atom. The molecule has 0 fully saturated rings. The molecule has 0 saturated carbocycles. The Balaban J connectivity index is 1.46. The largest absolute Gasteiger partial charge is 0.338 e. The molecule has 0 unspecified atom stereocenters. The maximum atomic E-state index is 12.9. The van der Waals surface area contributed by atoms with Crippen LogP contribution in [0.25, 0.3) is 33.3 Å². The maximum absolute atomic E-state index is 12.9. The van der Waals surface area contributed by atoms with Crippen LogP contribution in [0, 0.1) is 0 Å². The monoisotopic (exact) mass is 431 g/mol. The molecule has 0 spiro atoms. The van der Waals surface area contributed by atoms with Crippen LogP contribution in [0.4, 0.5) is 0 Å². The number of hydrogen-bond acceptors (Lipinski definition) is 3. The molecule has 0 aliphatic carbocycles. The molecular weight excluding hydrogens is 417 g/mol. The number of aromatic amines is 1. The standard InChI is InChI=1S/C24H15Cl2N3O/c25-17-4-1-5-18(26)23(17)24-28-20-9-7-16(13-21(20)29-24)22(30)12-14-6-8-19-15(11-14)3-2-10-27-19/h1-11,13H,12H2,(H,28,29). The first kappa shape index (κ1) is 18.8. The van der Waals surface area contributed by atoms with E-state index in [0.717, 1.165) is 27.5 Å². The van der Waals surface area contributed by atoms with Gasteiger partial charge in [0.05, 0.1) is 32.2 Å². The summed E-state index contributed by atoms with van der Waals surface area (Å²) < 4.78 is 0. The van der Waals surface area contributed by atoms with Gasteiger partial charge in [-0.15, -0.1) is 0 Å². The van der Waals surface area contributed by atoms with E-state index in [0.29, 0.717) is 33.4 Å². The normalized spacial score (nSPS) is 11.3. The minimum Gasteiger partial charge on any atom is -0.338 e. The van der Waals surface area contributed by atoms with Crippen LogP contribution in [0.1, 0.15) is 15.9 Å². The van der Waals surface area contributed by atoms with Crippen LogP contribution in [-0.2, 0) is 6.42 Å². The Kier molecular flexibility index (Phi) is 4.74. The highest BCUT2D eigenvalue weighted by atomic mass is 35.5. The molecule has 2 heterocycles. The highest BCUT2D eigenvalue weighted by Gasteiger charge is 2.14. The van der Waals surface area contributed by atoms with Crippen LogP contribution >= 0.6 is 23.2 Å². The predicted molar refractivity (Wildman–Crippen MR) is 121 cm³/mol. The molecule has 0 atom stereocenters. The average molecular weight is 432 g/mol. The zero-order valence-corrected chi connectivity index (χ0v) is 17.2. The smallest absolute Gasteiger partial charge is 0.167 e. The van der Waals surface area contributed by atoms with Crippen LogP contribution < -0.4 is 0 Å². The Morgan fingerprint density at radius 3 is 2.53 bits per heavy atom. The molecule has 0 amide bonds. The van der Waals surface area contributed by atoms with Gasteiger partial charge in [0.1, 0.15) is 5.82 Å². The summed E-state index contributed by atoms with van der Waals surface area (Å²) in [6, 6.07) is 20.6. The molecular formula is C24H15Cl2N3O. The third-order valence-electron chi connectivity index (χ3n) is 5.04. The van der Waals surface area contributed by atoms with Gasteiger partial charge in [-0.1, -0.05) is 41.4 Å². The second-order valence-corrected chi connectivity index (χ2v) is 7.86. The number of benzene rings is 3. The lowest BCUT2D eigenvalue weighted by Gasteiger charge is -2.04. The molecule has 2 aromatic heterocycles. The number of fused-ring (bicyclic) bond motifs is 2. The molecule has 5 rings (SSSR count). The lowest BCUT2D eigenvalue weighted by atomic mass is 10.0. The zero-order chi connectivity index (χ0) is 20.7. The van der Waals surface area contributed by atoms with Gasteiger partial charge >= 0.3 is 0 Å². The number of nitrogens with zero attached hydrogens (tertiary/aromatic N) is 2. The number of hydrogen-bond donors (Lipinski definition) is 1. The van der Waals surface area contributed by atoms with E-state index >= 15 is 0 Å². The first-order valence-electron chi connectivity index (χ1n) is 9.39. The molecule has 0 bridgehead atoms. The number of aromatic nitrogens is 3. The Bertz CT molecular complexity index is 1400. The molecule has 30 heavy (non-hydrogen) atoms. The lowest BCUT2D eigenvalue weighted by Crippen LogP contribution is -2.03. The van der Waals surface area contributed by atoms with E-state index in [2.05, 4.69) is 15.0 Å². The zero-order valence-electron chi connectivity index (χ0n) is 15.7. The number of pyridine rings is 1. The SMILES string of the molecule is O=C(Cc1ccc2ncccc2c1)c1ccc2nc(-c3c(Cl)cccc3Cl)[nH]c2c1. The third kappa shape index (κ3) is 3.45. The van der Waals surface area contributed by atoms with Gasteiger partial charge in [-0.05, 0) is 54.1 Å². The lowest BCUT2D eigenvalue weighted by molar-refractivity contribution is 0.0993. The molecule has 4 nitrogen and oxygen atoms in total. The van der Waals surface area contributed by atoms with E-state index in [1.165, 1.54) is 0 Å². The van der Waals surface area contributed by atoms with Crippen molar-refractivity contribution < 1.29 is 4.79 Å². The summed E-state index contributed by atoms with van der Waals surface area (Å²) in [5.41, 5.74) is 4.64. The quantitative estimate of drug-likeness (QED) is 0.330. The Labute approximate surface area is 182 Å². The summed E-state index contributed by atoms with van der Waals surface area (Å²) >= 11 is 12.6. The van der Waals surface area contributed by atoms with E-state index in [-0.39, 0.29) is 5.78 Å². The molecule has 5 aromatic rings. The van der Waals surface area contributed by atoms with Gasteiger partial charge in [0.2, 0.25) is 0 Å². The summed E-state index contributed by atoms with van der Waals surface area (Å²) in [6.45, 7) is 0. The van der Waals surface area contributed by atoms with Crippen LogP contribution in [-0.4, -0.2) is 20.7 Å². The van der Waals surface area contributed by atoms with Gasteiger partial charge in [-0.3, -0.25) is 9.78 Å². The molecule has 0 aliphatic heterocycles. The fourth-order valence-electron chi connectivity index (χ4n) is 3.55. The second kappa shape index (κ2) is 7.56. The van der Waals surface area contributed by atoms with Crippen molar-refractivity contribution in [2.45, 2.75) is 6.42 Å². The number of ketones is 1. The van der Waals surface area contributed by atoms with E-state index < -0.39 is 0 Å².